The van der Waals surface area contributed by atoms with Gasteiger partial charge in [-0.1, -0.05) is 82.1 Å². The van der Waals surface area contributed by atoms with E-state index in [1.807, 2.05) is 36.4 Å². The van der Waals surface area contributed by atoms with E-state index in [1.54, 1.807) is 6.07 Å². The Balaban J connectivity index is 1.64. The van der Waals surface area contributed by atoms with Crippen LogP contribution in [0.15, 0.2) is 83.4 Å². The number of halogens is 2. The van der Waals surface area contributed by atoms with Gasteiger partial charge < -0.3 is 5.32 Å². The number of rotatable bonds is 3. The second-order valence-corrected chi connectivity index (χ2v) is 8.99. The third kappa shape index (κ3) is 3.33. The second kappa shape index (κ2) is 7.47. The average molecular weight is 465 g/mol. The summed E-state index contributed by atoms with van der Waals surface area (Å²) in [5.41, 5.74) is 4.56. The number of allylic oxidation sites excluding steroid dienone is 2. The molecule has 2 aliphatic rings. The van der Waals surface area contributed by atoms with E-state index >= 15 is 0 Å². The van der Waals surface area contributed by atoms with Crippen molar-refractivity contribution in [2.75, 3.05) is 5.32 Å². The highest BCUT2D eigenvalue weighted by Crippen LogP contribution is 2.51. The number of fused-ring (bicyclic) bond motifs is 3. The van der Waals surface area contributed by atoms with E-state index < -0.39 is 0 Å². The fraction of sp³-hybridized carbons (Fsp3) is 0.160. The van der Waals surface area contributed by atoms with Gasteiger partial charge in [0.05, 0.1) is 6.04 Å². The van der Waals surface area contributed by atoms with E-state index in [0.717, 1.165) is 22.1 Å². The number of benzene rings is 3. The quantitative estimate of drug-likeness (QED) is 0.329. The molecule has 144 valence electrons. The number of carbonyl (C=O) groups is 1. The van der Waals surface area contributed by atoms with Crippen LogP contribution in [0.5, 0.6) is 0 Å². The van der Waals surface area contributed by atoms with Gasteiger partial charge in [-0.25, -0.2) is 0 Å². The monoisotopic (exact) mass is 463 g/mol. The molecule has 4 heteroatoms. The van der Waals surface area contributed by atoms with Crippen LogP contribution < -0.4 is 5.32 Å². The van der Waals surface area contributed by atoms with Crippen molar-refractivity contribution in [3.05, 3.63) is 111 Å². The molecular formula is C25H19BrClNO. The first-order valence-electron chi connectivity index (χ1n) is 9.73. The lowest BCUT2D eigenvalue weighted by atomic mass is 9.76. The van der Waals surface area contributed by atoms with Crippen molar-refractivity contribution in [2.45, 2.75) is 18.4 Å². The molecule has 1 heterocycles. The topological polar surface area (TPSA) is 29.1 Å². The Kier molecular flexibility index (Phi) is 4.81. The highest BCUT2D eigenvalue weighted by atomic mass is 79.9. The molecule has 0 spiro atoms. The number of ketones is 1. The zero-order valence-electron chi connectivity index (χ0n) is 15.6. The number of hydrogen-bond donors (Lipinski definition) is 1. The Morgan fingerprint density at radius 2 is 1.79 bits per heavy atom. The standard InChI is InChI=1S/C25H19BrClNO/c26-17-11-9-15(10-12-17)23-20-8-4-7-19(20)21-13-18(27)14-22(24(21)28-23)25(29)16-5-2-1-3-6-16/h1-7,9-14,19-20,23,28H,8H2/t19-,20-,23-/m1/s1. The molecule has 29 heavy (non-hydrogen) atoms. The Bertz CT molecular complexity index is 1110. The van der Waals surface area contributed by atoms with Crippen LogP contribution in [-0.4, -0.2) is 5.78 Å². The zero-order valence-corrected chi connectivity index (χ0v) is 18.0. The van der Waals surface area contributed by atoms with Crippen molar-refractivity contribution in [1.29, 1.82) is 0 Å². The SMILES string of the molecule is O=C(c1ccccc1)c1cc(Cl)cc2c1N[C@H](c1ccc(Br)cc1)[C@@H]1CC=C[C@@H]21. The molecule has 0 saturated heterocycles. The molecule has 0 bridgehead atoms. The van der Waals surface area contributed by atoms with Gasteiger partial charge in [-0.2, -0.15) is 0 Å². The van der Waals surface area contributed by atoms with Crippen LogP contribution in [0.3, 0.4) is 0 Å². The lowest BCUT2D eigenvalue weighted by Crippen LogP contribution is -2.30. The third-order valence-corrected chi connectivity index (χ3v) is 6.69. The van der Waals surface area contributed by atoms with Crippen molar-refractivity contribution in [3.63, 3.8) is 0 Å². The van der Waals surface area contributed by atoms with Crippen LogP contribution in [-0.2, 0) is 0 Å². The van der Waals surface area contributed by atoms with Crippen molar-refractivity contribution >= 4 is 39.0 Å². The molecule has 0 aromatic heterocycles. The predicted octanol–water partition coefficient (Wildman–Crippen LogP) is 7.16. The maximum Gasteiger partial charge on any atom is 0.195 e. The molecule has 0 fully saturated rings. The van der Waals surface area contributed by atoms with Gasteiger partial charge in [0.25, 0.3) is 0 Å². The first kappa shape index (κ1) is 18.7. The largest absolute Gasteiger partial charge is 0.377 e. The van der Waals surface area contributed by atoms with Crippen LogP contribution in [0.1, 0.15) is 45.4 Å². The Labute approximate surface area is 183 Å². The van der Waals surface area contributed by atoms with Gasteiger partial charge in [-0.3, -0.25) is 4.79 Å². The molecule has 3 aromatic carbocycles. The molecule has 0 unspecified atom stereocenters. The summed E-state index contributed by atoms with van der Waals surface area (Å²) >= 11 is 9.99. The van der Waals surface area contributed by atoms with Gasteiger partial charge in [0.15, 0.2) is 5.78 Å². The smallest absolute Gasteiger partial charge is 0.195 e. The van der Waals surface area contributed by atoms with E-state index in [-0.39, 0.29) is 17.7 Å². The molecule has 0 radical (unpaired) electrons. The molecule has 1 aliphatic heterocycles. The minimum Gasteiger partial charge on any atom is -0.377 e. The van der Waals surface area contributed by atoms with E-state index in [4.69, 9.17) is 11.6 Å². The minimum atomic E-state index is -0.00756. The van der Waals surface area contributed by atoms with Gasteiger partial charge >= 0.3 is 0 Å². The summed E-state index contributed by atoms with van der Waals surface area (Å²) in [6.45, 7) is 0. The second-order valence-electron chi connectivity index (χ2n) is 7.64. The van der Waals surface area contributed by atoms with Crippen LogP contribution >= 0.6 is 27.5 Å². The fourth-order valence-corrected chi connectivity index (χ4v) is 5.08. The average Bonchev–Trinajstić information content (AvgIpc) is 3.24. The highest BCUT2D eigenvalue weighted by molar-refractivity contribution is 9.10. The van der Waals surface area contributed by atoms with Crippen molar-refractivity contribution in [2.24, 2.45) is 5.92 Å². The summed E-state index contributed by atoms with van der Waals surface area (Å²) < 4.78 is 1.06. The lowest BCUT2D eigenvalue weighted by molar-refractivity contribution is 0.103. The molecule has 2 nitrogen and oxygen atoms in total. The summed E-state index contributed by atoms with van der Waals surface area (Å²) in [4.78, 5) is 13.3. The maximum atomic E-state index is 13.3. The highest BCUT2D eigenvalue weighted by Gasteiger charge is 2.39. The van der Waals surface area contributed by atoms with E-state index in [2.05, 4.69) is 57.7 Å². The summed E-state index contributed by atoms with van der Waals surface area (Å²) in [5, 5.41) is 4.32. The maximum absolute atomic E-state index is 13.3. The number of hydrogen-bond acceptors (Lipinski definition) is 2. The van der Waals surface area contributed by atoms with E-state index in [1.165, 1.54) is 5.56 Å². The van der Waals surface area contributed by atoms with Gasteiger partial charge in [0, 0.05) is 32.2 Å². The number of nitrogens with one attached hydrogen (secondary N) is 1. The van der Waals surface area contributed by atoms with Crippen molar-refractivity contribution < 1.29 is 4.79 Å². The number of anilines is 1. The predicted molar refractivity (Wildman–Crippen MR) is 122 cm³/mol. The molecule has 3 aromatic rings. The molecular weight excluding hydrogens is 446 g/mol. The van der Waals surface area contributed by atoms with Crippen LogP contribution in [0, 0.1) is 5.92 Å². The first-order valence-corrected chi connectivity index (χ1v) is 10.9. The Morgan fingerprint density at radius 1 is 1.03 bits per heavy atom. The summed E-state index contributed by atoms with van der Waals surface area (Å²) in [6.07, 6.45) is 5.52. The summed E-state index contributed by atoms with van der Waals surface area (Å²) in [6, 6.07) is 21.8. The van der Waals surface area contributed by atoms with Crippen LogP contribution in [0.4, 0.5) is 5.69 Å². The van der Waals surface area contributed by atoms with E-state index in [9.17, 15) is 4.79 Å². The van der Waals surface area contributed by atoms with E-state index in [0.29, 0.717) is 22.1 Å². The summed E-state index contributed by atoms with van der Waals surface area (Å²) in [5.74, 6) is 0.648. The molecule has 0 amide bonds. The fourth-order valence-electron chi connectivity index (χ4n) is 4.59. The Morgan fingerprint density at radius 3 is 2.55 bits per heavy atom. The molecule has 5 rings (SSSR count). The normalized spacial score (nSPS) is 21.9. The van der Waals surface area contributed by atoms with Crippen LogP contribution in [0.2, 0.25) is 5.02 Å². The molecule has 3 atom stereocenters. The minimum absolute atomic E-state index is 0.00756. The third-order valence-electron chi connectivity index (χ3n) is 5.94. The first-order chi connectivity index (χ1) is 14.1. The molecule has 0 saturated carbocycles. The Hall–Kier alpha value is -2.36. The van der Waals surface area contributed by atoms with Crippen molar-refractivity contribution in [3.8, 4) is 0 Å². The van der Waals surface area contributed by atoms with Crippen molar-refractivity contribution in [1.82, 2.24) is 0 Å². The van der Waals surface area contributed by atoms with Gasteiger partial charge in [0.1, 0.15) is 0 Å². The lowest BCUT2D eigenvalue weighted by Gasteiger charge is -2.38. The van der Waals surface area contributed by atoms with Gasteiger partial charge in [0.2, 0.25) is 0 Å². The van der Waals surface area contributed by atoms with Gasteiger partial charge in [-0.05, 0) is 47.7 Å². The van der Waals surface area contributed by atoms with Gasteiger partial charge in [-0.15, -0.1) is 0 Å². The summed E-state index contributed by atoms with van der Waals surface area (Å²) in [7, 11) is 0. The van der Waals surface area contributed by atoms with Crippen LogP contribution in [0.25, 0.3) is 0 Å². The molecule has 1 N–H and O–H groups in total. The zero-order chi connectivity index (χ0) is 20.0. The molecule has 1 aliphatic carbocycles. The number of carbonyl (C=O) groups excluding carboxylic acids is 1.